The Morgan fingerprint density at radius 2 is 2.14 bits per heavy atom. The molecule has 0 aromatic carbocycles. The summed E-state index contributed by atoms with van der Waals surface area (Å²) in [4.78, 5) is 11.3. The van der Waals surface area contributed by atoms with Crippen LogP contribution in [-0.4, -0.2) is 24.3 Å². The molecule has 14 heavy (non-hydrogen) atoms. The van der Waals surface area contributed by atoms with E-state index in [2.05, 4.69) is 6.92 Å². The molecule has 1 heterocycles. The highest BCUT2D eigenvalue weighted by atomic mass is 16.7. The van der Waals surface area contributed by atoms with Crippen molar-refractivity contribution in [1.29, 1.82) is 0 Å². The molecule has 0 bridgehead atoms. The zero-order valence-corrected chi connectivity index (χ0v) is 9.34. The van der Waals surface area contributed by atoms with E-state index in [1.165, 1.54) is 12.8 Å². The molecule has 2 atom stereocenters. The molecule has 0 radical (unpaired) electrons. The molecule has 1 saturated heterocycles. The minimum Gasteiger partial charge on any atom is -0.464 e. The third-order valence-electron chi connectivity index (χ3n) is 2.66. The van der Waals surface area contributed by atoms with E-state index in [0.717, 1.165) is 12.8 Å². The van der Waals surface area contributed by atoms with E-state index in [9.17, 15) is 4.79 Å². The highest BCUT2D eigenvalue weighted by Crippen LogP contribution is 2.41. The van der Waals surface area contributed by atoms with Gasteiger partial charge in [-0.15, -0.1) is 0 Å². The number of esters is 1. The molecular formula is C11H20O3. The first-order valence-electron chi connectivity index (χ1n) is 5.48. The van der Waals surface area contributed by atoms with E-state index in [1.54, 1.807) is 0 Å². The molecule has 3 nitrogen and oxygen atoms in total. The Bertz CT molecular complexity index is 203. The molecule has 0 aliphatic carbocycles. The second-order valence-electron chi connectivity index (χ2n) is 4.02. The predicted octanol–water partition coefficient (Wildman–Crippen LogP) is 2.29. The first-order chi connectivity index (χ1) is 6.64. The second-order valence-corrected chi connectivity index (χ2v) is 4.02. The van der Waals surface area contributed by atoms with Crippen LogP contribution in [0, 0.1) is 0 Å². The van der Waals surface area contributed by atoms with Gasteiger partial charge in [-0.3, -0.25) is 0 Å². The van der Waals surface area contributed by atoms with Gasteiger partial charge in [-0.05, 0) is 20.3 Å². The number of unbranched alkanes of at least 4 members (excludes halogenated alkanes) is 2. The van der Waals surface area contributed by atoms with Crippen LogP contribution in [0.5, 0.6) is 0 Å². The van der Waals surface area contributed by atoms with Gasteiger partial charge in [-0.25, -0.2) is 4.79 Å². The fourth-order valence-electron chi connectivity index (χ4n) is 1.67. The summed E-state index contributed by atoms with van der Waals surface area (Å²) in [6.07, 6.45) is 4.18. The molecule has 0 aromatic heterocycles. The Morgan fingerprint density at radius 3 is 2.71 bits per heavy atom. The van der Waals surface area contributed by atoms with Gasteiger partial charge >= 0.3 is 5.97 Å². The molecule has 0 aromatic rings. The number of carbonyl (C=O) groups is 1. The van der Waals surface area contributed by atoms with Crippen molar-refractivity contribution in [3.8, 4) is 0 Å². The number of hydrogen-bond donors (Lipinski definition) is 0. The number of hydrogen-bond acceptors (Lipinski definition) is 3. The van der Waals surface area contributed by atoms with Gasteiger partial charge in [0.25, 0.3) is 0 Å². The van der Waals surface area contributed by atoms with Gasteiger partial charge in [0.15, 0.2) is 6.10 Å². The fourth-order valence-corrected chi connectivity index (χ4v) is 1.67. The summed E-state index contributed by atoms with van der Waals surface area (Å²) in [6.45, 7) is 6.40. The van der Waals surface area contributed by atoms with Crippen molar-refractivity contribution in [3.05, 3.63) is 0 Å². The smallest absolute Gasteiger partial charge is 0.338 e. The second kappa shape index (κ2) is 4.78. The molecular weight excluding hydrogens is 180 g/mol. The Morgan fingerprint density at radius 1 is 1.43 bits per heavy atom. The molecule has 0 N–H and O–H groups in total. The summed E-state index contributed by atoms with van der Waals surface area (Å²) >= 11 is 0. The summed E-state index contributed by atoms with van der Waals surface area (Å²) in [5, 5.41) is 0. The molecule has 1 fully saturated rings. The van der Waals surface area contributed by atoms with Crippen LogP contribution in [0.3, 0.4) is 0 Å². The summed E-state index contributed by atoms with van der Waals surface area (Å²) < 4.78 is 10.3. The van der Waals surface area contributed by atoms with Crippen molar-refractivity contribution in [2.24, 2.45) is 0 Å². The lowest BCUT2D eigenvalue weighted by Gasteiger charge is -2.04. The molecule has 1 aliphatic rings. The van der Waals surface area contributed by atoms with Gasteiger partial charge in [0.1, 0.15) is 5.60 Å². The van der Waals surface area contributed by atoms with Gasteiger partial charge in [-0.2, -0.15) is 0 Å². The van der Waals surface area contributed by atoms with E-state index in [0.29, 0.717) is 6.61 Å². The van der Waals surface area contributed by atoms with Crippen LogP contribution in [-0.2, 0) is 14.3 Å². The molecule has 0 amide bonds. The third kappa shape index (κ3) is 2.71. The molecule has 82 valence electrons. The van der Waals surface area contributed by atoms with Crippen molar-refractivity contribution >= 4 is 5.97 Å². The van der Waals surface area contributed by atoms with Crippen LogP contribution in [0.1, 0.15) is 46.5 Å². The van der Waals surface area contributed by atoms with Crippen LogP contribution >= 0.6 is 0 Å². The van der Waals surface area contributed by atoms with Gasteiger partial charge in [0.05, 0.1) is 6.61 Å². The van der Waals surface area contributed by atoms with Crippen LogP contribution in [0.2, 0.25) is 0 Å². The largest absolute Gasteiger partial charge is 0.464 e. The first-order valence-corrected chi connectivity index (χ1v) is 5.48. The summed E-state index contributed by atoms with van der Waals surface area (Å²) in [7, 11) is 0. The normalized spacial score (nSPS) is 30.1. The van der Waals surface area contributed by atoms with Crippen LogP contribution in [0.4, 0.5) is 0 Å². The van der Waals surface area contributed by atoms with Gasteiger partial charge in [0, 0.05) is 0 Å². The molecule has 2 unspecified atom stereocenters. The lowest BCUT2D eigenvalue weighted by atomic mass is 10.00. The lowest BCUT2D eigenvalue weighted by molar-refractivity contribution is -0.144. The Hall–Kier alpha value is -0.570. The van der Waals surface area contributed by atoms with Crippen molar-refractivity contribution in [1.82, 2.24) is 0 Å². The van der Waals surface area contributed by atoms with Crippen molar-refractivity contribution < 1.29 is 14.3 Å². The number of rotatable bonds is 6. The highest BCUT2D eigenvalue weighted by molar-refractivity contribution is 5.79. The molecule has 3 heteroatoms. The molecule has 1 aliphatic heterocycles. The molecule has 0 spiro atoms. The fraction of sp³-hybridized carbons (Fsp3) is 0.909. The standard InChI is InChI=1S/C11H20O3/c1-4-6-7-8-11(3)9(14-11)10(12)13-5-2/h9H,4-8H2,1-3H3. The Kier molecular flexibility index (Phi) is 3.93. The minimum absolute atomic E-state index is 0.202. The number of ether oxygens (including phenoxy) is 2. The highest BCUT2D eigenvalue weighted by Gasteiger charge is 2.57. The summed E-state index contributed by atoms with van der Waals surface area (Å²) in [6, 6.07) is 0. The topological polar surface area (TPSA) is 38.8 Å². The maximum Gasteiger partial charge on any atom is 0.338 e. The SMILES string of the molecule is CCCCCC1(C)OC1C(=O)OCC. The van der Waals surface area contributed by atoms with E-state index >= 15 is 0 Å². The van der Waals surface area contributed by atoms with E-state index < -0.39 is 0 Å². The minimum atomic E-state index is -0.306. The summed E-state index contributed by atoms with van der Waals surface area (Å²) in [5.74, 6) is -0.202. The molecule has 0 saturated carbocycles. The zero-order valence-electron chi connectivity index (χ0n) is 9.34. The van der Waals surface area contributed by atoms with Crippen LogP contribution < -0.4 is 0 Å². The van der Waals surface area contributed by atoms with E-state index in [4.69, 9.17) is 9.47 Å². The lowest BCUT2D eigenvalue weighted by Crippen LogP contribution is -2.20. The Balaban J connectivity index is 2.24. The predicted molar refractivity (Wildman–Crippen MR) is 54.1 cm³/mol. The van der Waals surface area contributed by atoms with Crippen molar-refractivity contribution in [2.45, 2.75) is 58.2 Å². The van der Waals surface area contributed by atoms with E-state index in [-0.39, 0.29) is 17.7 Å². The quantitative estimate of drug-likeness (QED) is 0.375. The van der Waals surface area contributed by atoms with Gasteiger partial charge < -0.3 is 9.47 Å². The monoisotopic (exact) mass is 200 g/mol. The molecule has 1 rings (SSSR count). The average molecular weight is 200 g/mol. The first kappa shape index (κ1) is 11.5. The van der Waals surface area contributed by atoms with Gasteiger partial charge in [-0.1, -0.05) is 26.2 Å². The van der Waals surface area contributed by atoms with Crippen LogP contribution in [0.15, 0.2) is 0 Å². The van der Waals surface area contributed by atoms with Crippen molar-refractivity contribution in [2.75, 3.05) is 6.61 Å². The third-order valence-corrected chi connectivity index (χ3v) is 2.66. The van der Waals surface area contributed by atoms with Crippen molar-refractivity contribution in [3.63, 3.8) is 0 Å². The maximum absolute atomic E-state index is 11.3. The van der Waals surface area contributed by atoms with Gasteiger partial charge in [0.2, 0.25) is 0 Å². The summed E-state index contributed by atoms with van der Waals surface area (Å²) in [5.41, 5.74) is -0.235. The van der Waals surface area contributed by atoms with Crippen LogP contribution in [0.25, 0.3) is 0 Å². The number of epoxide rings is 1. The zero-order chi connectivity index (χ0) is 10.6. The Labute approximate surface area is 85.8 Å². The average Bonchev–Trinajstić information content (AvgIpc) is 2.79. The maximum atomic E-state index is 11.3. The van der Waals surface area contributed by atoms with E-state index in [1.807, 2.05) is 13.8 Å². The number of carbonyl (C=O) groups excluding carboxylic acids is 1.